The van der Waals surface area contributed by atoms with E-state index in [1.165, 1.54) is 0 Å². The summed E-state index contributed by atoms with van der Waals surface area (Å²) in [7, 11) is 0. The van der Waals surface area contributed by atoms with Crippen molar-refractivity contribution in [2.24, 2.45) is 5.92 Å². The molecule has 2 saturated heterocycles. The van der Waals surface area contributed by atoms with Crippen molar-refractivity contribution in [1.82, 2.24) is 10.6 Å². The van der Waals surface area contributed by atoms with Gasteiger partial charge in [0.2, 0.25) is 0 Å². The fraction of sp³-hybridized carbons (Fsp3) is 1.00. The molecule has 0 spiro atoms. The van der Waals surface area contributed by atoms with E-state index in [4.69, 9.17) is 4.74 Å². The number of hydrogen-bond acceptors (Lipinski definition) is 4. The van der Waals surface area contributed by atoms with E-state index in [9.17, 15) is 5.11 Å². The molecule has 0 radical (unpaired) electrons. The number of fused-ring (bicyclic) bond motifs is 1. The lowest BCUT2D eigenvalue weighted by molar-refractivity contribution is 0.0886. The van der Waals surface area contributed by atoms with Crippen LogP contribution in [0.4, 0.5) is 0 Å². The summed E-state index contributed by atoms with van der Waals surface area (Å²) in [4.78, 5) is 0. The van der Waals surface area contributed by atoms with Crippen molar-refractivity contribution in [2.75, 3.05) is 6.54 Å². The highest BCUT2D eigenvalue weighted by atomic mass is 16.6. The molecule has 0 aromatic heterocycles. The van der Waals surface area contributed by atoms with Gasteiger partial charge in [-0.15, -0.1) is 0 Å². The molecule has 0 aromatic rings. The molecule has 12 heavy (non-hydrogen) atoms. The summed E-state index contributed by atoms with van der Waals surface area (Å²) in [6.45, 7) is 4.91. The van der Waals surface area contributed by atoms with Gasteiger partial charge in [0.15, 0.2) is 0 Å². The zero-order valence-corrected chi connectivity index (χ0v) is 7.45. The van der Waals surface area contributed by atoms with Crippen molar-refractivity contribution in [1.29, 1.82) is 0 Å². The maximum Gasteiger partial charge on any atom is 0.135 e. The highest BCUT2D eigenvalue weighted by Crippen LogP contribution is 2.28. The van der Waals surface area contributed by atoms with E-state index in [0.717, 1.165) is 6.54 Å². The molecule has 2 heterocycles. The number of aliphatic hydroxyl groups is 1. The summed E-state index contributed by atoms with van der Waals surface area (Å²) in [6, 6.07) is 0.0625. The monoisotopic (exact) mass is 172 g/mol. The van der Waals surface area contributed by atoms with Gasteiger partial charge in [-0.3, -0.25) is 10.6 Å². The lowest BCUT2D eigenvalue weighted by Gasteiger charge is -2.24. The van der Waals surface area contributed by atoms with Gasteiger partial charge in [0.25, 0.3) is 0 Å². The van der Waals surface area contributed by atoms with Crippen LogP contribution in [-0.4, -0.2) is 36.3 Å². The molecule has 5 unspecified atom stereocenters. The van der Waals surface area contributed by atoms with Gasteiger partial charge in [-0.1, -0.05) is 6.92 Å². The van der Waals surface area contributed by atoms with Crippen molar-refractivity contribution in [3.05, 3.63) is 0 Å². The van der Waals surface area contributed by atoms with Crippen LogP contribution in [0.25, 0.3) is 0 Å². The van der Waals surface area contributed by atoms with Crippen LogP contribution < -0.4 is 10.6 Å². The minimum Gasteiger partial charge on any atom is -0.377 e. The molecule has 0 aromatic carbocycles. The van der Waals surface area contributed by atoms with Crippen molar-refractivity contribution in [3.63, 3.8) is 0 Å². The van der Waals surface area contributed by atoms with Crippen molar-refractivity contribution < 1.29 is 9.84 Å². The van der Waals surface area contributed by atoms with Crippen LogP contribution in [0.15, 0.2) is 0 Å². The molecule has 2 aliphatic heterocycles. The molecule has 3 N–H and O–H groups in total. The predicted octanol–water partition coefficient (Wildman–Crippen LogP) is -0.753. The first-order chi connectivity index (χ1) is 5.68. The predicted molar refractivity (Wildman–Crippen MR) is 44.4 cm³/mol. The Hall–Kier alpha value is -0.160. The molecule has 2 rings (SSSR count). The van der Waals surface area contributed by atoms with E-state index in [2.05, 4.69) is 17.6 Å². The van der Waals surface area contributed by atoms with Gasteiger partial charge in [0, 0.05) is 12.6 Å². The van der Waals surface area contributed by atoms with E-state index in [1.807, 2.05) is 6.92 Å². The molecular formula is C8H16N2O2. The average molecular weight is 172 g/mol. The third kappa shape index (κ3) is 1.47. The van der Waals surface area contributed by atoms with E-state index in [1.54, 1.807) is 0 Å². The zero-order chi connectivity index (χ0) is 8.72. The number of epoxide rings is 1. The molecule has 70 valence electrons. The third-order valence-electron chi connectivity index (χ3n) is 2.64. The highest BCUT2D eigenvalue weighted by Gasteiger charge is 2.45. The SMILES string of the molecule is CC1CNC(O)C(C)NC2OC12. The Morgan fingerprint density at radius 1 is 1.42 bits per heavy atom. The first kappa shape index (κ1) is 8.44. The third-order valence-corrected chi connectivity index (χ3v) is 2.64. The molecule has 0 aliphatic carbocycles. The lowest BCUT2D eigenvalue weighted by atomic mass is 10.1. The second-order valence-electron chi connectivity index (χ2n) is 3.81. The van der Waals surface area contributed by atoms with E-state index in [0.29, 0.717) is 12.0 Å². The zero-order valence-electron chi connectivity index (χ0n) is 7.45. The van der Waals surface area contributed by atoms with Gasteiger partial charge < -0.3 is 9.84 Å². The Balaban J connectivity index is 1.96. The Morgan fingerprint density at radius 2 is 2.17 bits per heavy atom. The molecule has 0 amide bonds. The minimum atomic E-state index is -0.461. The maximum absolute atomic E-state index is 9.51. The van der Waals surface area contributed by atoms with Crippen LogP contribution in [0.3, 0.4) is 0 Å². The van der Waals surface area contributed by atoms with E-state index < -0.39 is 6.23 Å². The molecule has 4 heteroatoms. The highest BCUT2D eigenvalue weighted by molar-refractivity contribution is 4.92. The minimum absolute atomic E-state index is 0.0625. The standard InChI is InChI=1S/C8H16N2O2/c1-4-3-9-7(11)5(2)10-8-6(4)12-8/h4-11H,3H2,1-2H3. The second-order valence-corrected chi connectivity index (χ2v) is 3.81. The summed E-state index contributed by atoms with van der Waals surface area (Å²) < 4.78 is 5.41. The summed E-state index contributed by atoms with van der Waals surface area (Å²) in [6.07, 6.45) is 0.0526. The number of aliphatic hydroxyl groups excluding tert-OH is 1. The van der Waals surface area contributed by atoms with Crippen LogP contribution in [-0.2, 0) is 4.74 Å². The summed E-state index contributed by atoms with van der Waals surface area (Å²) >= 11 is 0. The van der Waals surface area contributed by atoms with E-state index in [-0.39, 0.29) is 12.3 Å². The molecule has 4 nitrogen and oxygen atoms in total. The van der Waals surface area contributed by atoms with Gasteiger partial charge in [-0.2, -0.15) is 0 Å². The summed E-state index contributed by atoms with van der Waals surface area (Å²) in [5, 5.41) is 15.8. The number of hydrogen-bond donors (Lipinski definition) is 3. The number of ether oxygens (including phenoxy) is 1. The molecular weight excluding hydrogens is 156 g/mol. The maximum atomic E-state index is 9.51. The Morgan fingerprint density at radius 3 is 2.92 bits per heavy atom. The van der Waals surface area contributed by atoms with Crippen molar-refractivity contribution in [3.8, 4) is 0 Å². The van der Waals surface area contributed by atoms with Crippen LogP contribution in [0.5, 0.6) is 0 Å². The number of nitrogens with one attached hydrogen (secondary N) is 2. The van der Waals surface area contributed by atoms with Crippen molar-refractivity contribution in [2.45, 2.75) is 38.4 Å². The van der Waals surface area contributed by atoms with Gasteiger partial charge in [0.1, 0.15) is 18.6 Å². The fourth-order valence-electron chi connectivity index (χ4n) is 1.64. The summed E-state index contributed by atoms with van der Waals surface area (Å²) in [5.41, 5.74) is 0. The molecule has 2 aliphatic rings. The summed E-state index contributed by atoms with van der Waals surface area (Å²) in [5.74, 6) is 0.477. The molecule has 5 atom stereocenters. The second kappa shape index (κ2) is 2.96. The van der Waals surface area contributed by atoms with Gasteiger partial charge >= 0.3 is 0 Å². The van der Waals surface area contributed by atoms with E-state index >= 15 is 0 Å². The first-order valence-corrected chi connectivity index (χ1v) is 4.51. The lowest BCUT2D eigenvalue weighted by Crippen LogP contribution is -2.51. The van der Waals surface area contributed by atoms with Gasteiger partial charge in [-0.25, -0.2) is 0 Å². The Labute approximate surface area is 72.3 Å². The van der Waals surface area contributed by atoms with Crippen LogP contribution in [0, 0.1) is 5.92 Å². The normalized spacial score (nSPS) is 53.8. The first-order valence-electron chi connectivity index (χ1n) is 4.51. The fourth-order valence-corrected chi connectivity index (χ4v) is 1.64. The molecule has 0 saturated carbocycles. The topological polar surface area (TPSA) is 56.8 Å². The van der Waals surface area contributed by atoms with Crippen LogP contribution >= 0.6 is 0 Å². The average Bonchev–Trinajstić information content (AvgIpc) is 2.77. The molecule has 0 bridgehead atoms. The van der Waals surface area contributed by atoms with Crippen LogP contribution in [0.1, 0.15) is 13.8 Å². The number of rotatable bonds is 0. The molecule has 2 fully saturated rings. The quantitative estimate of drug-likeness (QED) is 0.421. The van der Waals surface area contributed by atoms with Crippen molar-refractivity contribution >= 4 is 0 Å². The van der Waals surface area contributed by atoms with Gasteiger partial charge in [-0.05, 0) is 12.8 Å². The largest absolute Gasteiger partial charge is 0.377 e. The Kier molecular flexibility index (Phi) is 2.08. The van der Waals surface area contributed by atoms with Crippen LogP contribution in [0.2, 0.25) is 0 Å². The van der Waals surface area contributed by atoms with Gasteiger partial charge in [0.05, 0.1) is 0 Å². The smallest absolute Gasteiger partial charge is 0.135 e. The Bertz CT molecular complexity index is 176.